The molecule has 2 N–H and O–H groups in total. The summed E-state index contributed by atoms with van der Waals surface area (Å²) in [5.41, 5.74) is 1.37. The molecule has 6 nitrogen and oxygen atoms in total. The summed E-state index contributed by atoms with van der Waals surface area (Å²) in [4.78, 5) is 22.5. The molecule has 0 heterocycles. The highest BCUT2D eigenvalue weighted by atomic mass is 32.2. The van der Waals surface area contributed by atoms with Gasteiger partial charge in [0.05, 0.1) is 7.11 Å². The maximum Gasteiger partial charge on any atom is 0.328 e. The molecule has 1 unspecified atom stereocenters. The topological polar surface area (TPSA) is 87.1 Å². The number of hydrogen-bond donors (Lipinski definition) is 2. The van der Waals surface area contributed by atoms with Gasteiger partial charge in [-0.05, 0) is 44.8 Å². The molecule has 0 aromatic heterocycles. The molecular weight excluding hydrogens is 390 g/mol. The highest BCUT2D eigenvalue weighted by Crippen LogP contribution is 2.41. The number of hydrogen-bond acceptors (Lipinski definition) is 5. The van der Waals surface area contributed by atoms with Gasteiger partial charge in [0.2, 0.25) is 0 Å². The Morgan fingerprint density at radius 3 is 2.07 bits per heavy atom. The minimum Gasteiger partial charge on any atom is -0.496 e. The van der Waals surface area contributed by atoms with Gasteiger partial charge in [-0.25, -0.2) is 9.59 Å². The van der Waals surface area contributed by atoms with Gasteiger partial charge in [0.1, 0.15) is 5.75 Å². The monoisotopic (exact) mass is 417 g/mol. The van der Waals surface area contributed by atoms with Gasteiger partial charge in [-0.3, -0.25) is 0 Å². The number of para-hydroxylation sites is 1. The van der Waals surface area contributed by atoms with Crippen LogP contribution in [0.4, 0.5) is 0 Å². The predicted octanol–water partition coefficient (Wildman–Crippen LogP) is 4.19. The van der Waals surface area contributed by atoms with Gasteiger partial charge in [-0.2, -0.15) is 0 Å². The zero-order chi connectivity index (χ0) is 21.6. The van der Waals surface area contributed by atoms with Crippen LogP contribution in [0, 0.1) is 0 Å². The van der Waals surface area contributed by atoms with E-state index in [1.807, 2.05) is 23.9 Å². The molecule has 2 rings (SSSR count). The van der Waals surface area contributed by atoms with Gasteiger partial charge in [0.15, 0.2) is 0 Å². The lowest BCUT2D eigenvalue weighted by molar-refractivity contribution is -0.134. The molecule has 156 valence electrons. The number of nitrogens with zero attached hydrogens (tertiary/aromatic N) is 1. The third-order valence-electron chi connectivity index (χ3n) is 3.72. The van der Waals surface area contributed by atoms with Crippen LogP contribution in [-0.2, 0) is 9.59 Å². The minimum atomic E-state index is -1.26. The Bertz CT molecular complexity index is 777. The van der Waals surface area contributed by atoms with Crippen molar-refractivity contribution >= 4 is 23.7 Å². The largest absolute Gasteiger partial charge is 0.496 e. The smallest absolute Gasteiger partial charge is 0.328 e. The van der Waals surface area contributed by atoms with Crippen molar-refractivity contribution in [1.29, 1.82) is 0 Å². The van der Waals surface area contributed by atoms with Crippen molar-refractivity contribution in [2.24, 2.45) is 0 Å². The summed E-state index contributed by atoms with van der Waals surface area (Å²) in [6.45, 7) is 1.07. The molecule has 7 heteroatoms. The van der Waals surface area contributed by atoms with Crippen molar-refractivity contribution < 1.29 is 24.5 Å². The number of rotatable bonds is 9. The van der Waals surface area contributed by atoms with E-state index in [4.69, 9.17) is 14.9 Å². The predicted molar refractivity (Wildman–Crippen MR) is 116 cm³/mol. The summed E-state index contributed by atoms with van der Waals surface area (Å²) in [6.07, 6.45) is 2.23. The number of benzene rings is 2. The molecule has 0 aliphatic carbocycles. The number of methoxy groups -OCH3 is 1. The summed E-state index contributed by atoms with van der Waals surface area (Å²) in [6, 6.07) is 19.0. The van der Waals surface area contributed by atoms with Gasteiger partial charge in [-0.1, -0.05) is 42.5 Å². The van der Waals surface area contributed by atoms with Crippen molar-refractivity contribution in [1.82, 2.24) is 4.90 Å². The second-order valence-corrected chi connectivity index (χ2v) is 7.51. The average Bonchev–Trinajstić information content (AvgIpc) is 2.71. The third-order valence-corrected chi connectivity index (χ3v) is 5.10. The number of thioether (sulfide) groups is 1. The Labute approximate surface area is 175 Å². The molecule has 0 radical (unpaired) electrons. The van der Waals surface area contributed by atoms with Crippen LogP contribution in [0.1, 0.15) is 17.2 Å². The second kappa shape index (κ2) is 13.4. The maximum atomic E-state index is 9.55. The van der Waals surface area contributed by atoms with E-state index in [0.29, 0.717) is 17.4 Å². The van der Waals surface area contributed by atoms with E-state index < -0.39 is 11.9 Å². The molecule has 0 aliphatic rings. The number of carboxylic acid groups (broad SMARTS) is 2. The lowest BCUT2D eigenvalue weighted by Crippen LogP contribution is -2.15. The van der Waals surface area contributed by atoms with Crippen molar-refractivity contribution in [3.8, 4) is 5.75 Å². The summed E-state index contributed by atoms with van der Waals surface area (Å²) >= 11 is 1.88. The third kappa shape index (κ3) is 10.4. The Morgan fingerprint density at radius 2 is 1.55 bits per heavy atom. The Kier molecular flexibility index (Phi) is 11.2. The Balaban J connectivity index is 0.000000447. The van der Waals surface area contributed by atoms with Gasteiger partial charge in [-0.15, -0.1) is 11.8 Å². The van der Waals surface area contributed by atoms with Crippen molar-refractivity contribution in [2.45, 2.75) is 16.6 Å². The summed E-state index contributed by atoms with van der Waals surface area (Å²) < 4.78 is 5.48. The molecule has 2 aromatic rings. The minimum absolute atomic E-state index is 0.435. The Morgan fingerprint density at radius 1 is 1.00 bits per heavy atom. The normalized spacial score (nSPS) is 11.6. The van der Waals surface area contributed by atoms with Crippen molar-refractivity contribution in [2.75, 3.05) is 27.7 Å². The first-order valence-electron chi connectivity index (χ1n) is 8.96. The van der Waals surface area contributed by atoms with Crippen LogP contribution in [0.25, 0.3) is 0 Å². The molecule has 0 saturated heterocycles. The van der Waals surface area contributed by atoms with Crippen LogP contribution in [-0.4, -0.2) is 54.8 Å². The molecule has 29 heavy (non-hydrogen) atoms. The van der Waals surface area contributed by atoms with E-state index in [1.165, 1.54) is 10.5 Å². The van der Waals surface area contributed by atoms with E-state index in [2.05, 4.69) is 61.5 Å². The second-order valence-electron chi connectivity index (χ2n) is 6.27. The molecule has 0 spiro atoms. The van der Waals surface area contributed by atoms with E-state index in [9.17, 15) is 9.59 Å². The fourth-order valence-electron chi connectivity index (χ4n) is 2.35. The number of carbonyl (C=O) groups is 2. The summed E-state index contributed by atoms with van der Waals surface area (Å²) in [7, 11) is 5.97. The molecule has 0 amide bonds. The Hall–Kier alpha value is -2.77. The van der Waals surface area contributed by atoms with E-state index in [0.717, 1.165) is 18.7 Å². The summed E-state index contributed by atoms with van der Waals surface area (Å²) in [5, 5.41) is 16.1. The van der Waals surface area contributed by atoms with Gasteiger partial charge in [0.25, 0.3) is 0 Å². The molecule has 2 aromatic carbocycles. The van der Waals surface area contributed by atoms with Gasteiger partial charge >= 0.3 is 11.9 Å². The van der Waals surface area contributed by atoms with Crippen LogP contribution in [0.5, 0.6) is 5.75 Å². The molecule has 0 aliphatic heterocycles. The number of ether oxygens (including phenoxy) is 1. The van der Waals surface area contributed by atoms with Crippen LogP contribution in [0.3, 0.4) is 0 Å². The fraction of sp³-hybridized carbons (Fsp3) is 0.273. The number of carboxylic acids is 2. The molecule has 0 bridgehead atoms. The standard InChI is InChI=1S/C18H23NOS.C4H4O4/c1-19(2)14-13-17(15-9-5-4-6-10-15)21-18-12-8-7-11-16(18)20-3;5-3(6)1-2-4(7)8/h4-12,17H,13-14H2,1-3H3;1-2H,(H,5,6)(H,7,8)/b;2-1-. The van der Waals surface area contributed by atoms with E-state index in [-0.39, 0.29) is 0 Å². The number of aliphatic carboxylic acids is 2. The highest BCUT2D eigenvalue weighted by molar-refractivity contribution is 7.99. The quantitative estimate of drug-likeness (QED) is 0.467. The SMILES string of the molecule is COc1ccccc1SC(CCN(C)C)c1ccccc1.O=C(O)/C=C\C(=O)O. The van der Waals surface area contributed by atoms with Gasteiger partial charge < -0.3 is 19.8 Å². The molecular formula is C22H27NO5S. The fourth-order valence-corrected chi connectivity index (χ4v) is 3.60. The molecule has 0 saturated carbocycles. The summed E-state index contributed by atoms with van der Waals surface area (Å²) in [5.74, 6) is -1.56. The van der Waals surface area contributed by atoms with E-state index >= 15 is 0 Å². The highest BCUT2D eigenvalue weighted by Gasteiger charge is 2.15. The zero-order valence-electron chi connectivity index (χ0n) is 16.8. The lowest BCUT2D eigenvalue weighted by Gasteiger charge is -2.20. The average molecular weight is 418 g/mol. The van der Waals surface area contributed by atoms with Crippen LogP contribution >= 0.6 is 11.8 Å². The lowest BCUT2D eigenvalue weighted by atomic mass is 10.1. The molecule has 0 fully saturated rings. The van der Waals surface area contributed by atoms with Crippen LogP contribution < -0.4 is 4.74 Å². The van der Waals surface area contributed by atoms with Crippen molar-refractivity contribution in [3.63, 3.8) is 0 Å². The van der Waals surface area contributed by atoms with E-state index in [1.54, 1.807) is 7.11 Å². The first-order chi connectivity index (χ1) is 13.8. The van der Waals surface area contributed by atoms with Crippen molar-refractivity contribution in [3.05, 3.63) is 72.3 Å². The maximum absolute atomic E-state index is 9.55. The van der Waals surface area contributed by atoms with Crippen LogP contribution in [0.2, 0.25) is 0 Å². The van der Waals surface area contributed by atoms with Crippen LogP contribution in [0.15, 0.2) is 71.6 Å². The molecule has 1 atom stereocenters. The first kappa shape index (κ1) is 24.3. The van der Waals surface area contributed by atoms with Gasteiger partial charge in [0, 0.05) is 22.3 Å². The first-order valence-corrected chi connectivity index (χ1v) is 9.84. The zero-order valence-corrected chi connectivity index (χ0v) is 17.6.